The molecule has 1 aliphatic heterocycles. The summed E-state index contributed by atoms with van der Waals surface area (Å²) in [5.74, 6) is -1.48. The predicted molar refractivity (Wildman–Crippen MR) is 145 cm³/mol. The van der Waals surface area contributed by atoms with E-state index in [1.165, 1.54) is 22.6 Å². The van der Waals surface area contributed by atoms with Crippen LogP contribution in [0.4, 0.5) is 11.4 Å². The minimum atomic E-state index is -0.723. The summed E-state index contributed by atoms with van der Waals surface area (Å²) >= 11 is 0. The summed E-state index contributed by atoms with van der Waals surface area (Å²) in [6.45, 7) is 1.94. The van der Waals surface area contributed by atoms with Crippen LogP contribution >= 0.6 is 0 Å². The van der Waals surface area contributed by atoms with E-state index in [4.69, 9.17) is 9.47 Å². The van der Waals surface area contributed by atoms with Gasteiger partial charge in [0.05, 0.1) is 29.7 Å². The number of carbonyl (C=O) groups is 4. The van der Waals surface area contributed by atoms with Gasteiger partial charge in [0, 0.05) is 5.69 Å². The van der Waals surface area contributed by atoms with E-state index in [1.807, 2.05) is 25.1 Å². The smallest absolute Gasteiger partial charge is 0.338 e. The van der Waals surface area contributed by atoms with Gasteiger partial charge >= 0.3 is 5.97 Å². The fourth-order valence-corrected chi connectivity index (χ4v) is 5.45. The summed E-state index contributed by atoms with van der Waals surface area (Å²) in [6, 6.07) is 23.2. The van der Waals surface area contributed by atoms with Crippen LogP contribution in [0.2, 0.25) is 0 Å². The average molecular weight is 527 g/mol. The first kappa shape index (κ1) is 26.2. The average Bonchev–Trinajstić information content (AvgIpc) is 3.22. The van der Waals surface area contributed by atoms with Crippen LogP contribution in [-0.4, -0.2) is 36.9 Å². The molecule has 8 nitrogen and oxygen atoms in total. The number of carbonyl (C=O) groups excluding carboxylic acids is 4. The normalized spacial score (nSPS) is 20.3. The van der Waals surface area contributed by atoms with Crippen molar-refractivity contribution in [1.29, 1.82) is 0 Å². The van der Waals surface area contributed by atoms with E-state index in [0.29, 0.717) is 36.6 Å². The Morgan fingerprint density at radius 1 is 0.897 bits per heavy atom. The quantitative estimate of drug-likeness (QED) is 0.329. The number of anilines is 2. The Labute approximate surface area is 226 Å². The molecule has 2 fully saturated rings. The fraction of sp³-hybridized carbons (Fsp3) is 0.290. The van der Waals surface area contributed by atoms with E-state index in [0.717, 1.165) is 6.42 Å². The van der Waals surface area contributed by atoms with Gasteiger partial charge < -0.3 is 14.8 Å². The molecule has 3 amide bonds. The molecule has 3 aromatic rings. The first-order chi connectivity index (χ1) is 18.9. The van der Waals surface area contributed by atoms with Crippen LogP contribution in [0.25, 0.3) is 0 Å². The lowest BCUT2D eigenvalue weighted by atomic mass is 9.73. The molecular weight excluding hydrogens is 496 g/mol. The van der Waals surface area contributed by atoms with Crippen LogP contribution in [0.3, 0.4) is 0 Å². The van der Waals surface area contributed by atoms with Crippen molar-refractivity contribution in [3.63, 3.8) is 0 Å². The zero-order valence-electron chi connectivity index (χ0n) is 21.7. The summed E-state index contributed by atoms with van der Waals surface area (Å²) in [5.41, 5.74) is 2.22. The second-order valence-corrected chi connectivity index (χ2v) is 9.78. The van der Waals surface area contributed by atoms with Gasteiger partial charge in [-0.2, -0.15) is 0 Å². The van der Waals surface area contributed by atoms with E-state index >= 15 is 0 Å². The van der Waals surface area contributed by atoms with Gasteiger partial charge in [-0.3, -0.25) is 19.3 Å². The summed E-state index contributed by atoms with van der Waals surface area (Å²) in [7, 11) is 0. The number of nitrogens with zero attached hydrogens (tertiary/aromatic N) is 1. The van der Waals surface area contributed by atoms with Gasteiger partial charge in [-0.25, -0.2) is 4.79 Å². The molecule has 1 N–H and O–H groups in total. The second kappa shape index (κ2) is 11.5. The highest BCUT2D eigenvalue weighted by Gasteiger charge is 2.50. The van der Waals surface area contributed by atoms with Crippen LogP contribution < -0.4 is 15.0 Å². The molecule has 0 spiro atoms. The minimum Gasteiger partial charge on any atom is -0.494 e. The number of fused-ring (bicyclic) bond motifs is 1. The number of rotatable bonds is 8. The molecular formula is C31H30N2O6. The SMILES string of the molecule is CCOc1ccc(NC(=O)COC(=O)c2cccc(N3C(=O)[C@H]4C[C@H](c5ccccc5)CC[C@H]4C3=O)c2)cc1. The highest BCUT2D eigenvalue weighted by Crippen LogP contribution is 2.45. The lowest BCUT2D eigenvalue weighted by molar-refractivity contribution is -0.122. The Balaban J connectivity index is 1.21. The summed E-state index contributed by atoms with van der Waals surface area (Å²) in [4.78, 5) is 52.8. The second-order valence-electron chi connectivity index (χ2n) is 9.78. The van der Waals surface area contributed by atoms with Crippen LogP contribution in [0.15, 0.2) is 78.9 Å². The van der Waals surface area contributed by atoms with E-state index in [2.05, 4.69) is 17.4 Å². The number of esters is 1. The third-order valence-corrected chi connectivity index (χ3v) is 7.32. The molecule has 1 aliphatic carbocycles. The number of hydrogen-bond donors (Lipinski definition) is 1. The molecule has 0 unspecified atom stereocenters. The molecule has 8 heteroatoms. The third kappa shape index (κ3) is 5.70. The first-order valence-electron chi connectivity index (χ1n) is 13.2. The van der Waals surface area contributed by atoms with Crippen LogP contribution in [0.1, 0.15) is 48.0 Å². The van der Waals surface area contributed by atoms with E-state index in [9.17, 15) is 19.2 Å². The lowest BCUT2D eigenvalue weighted by Crippen LogP contribution is -2.31. The van der Waals surface area contributed by atoms with E-state index in [-0.39, 0.29) is 35.1 Å². The highest BCUT2D eigenvalue weighted by molar-refractivity contribution is 6.22. The maximum absolute atomic E-state index is 13.4. The van der Waals surface area contributed by atoms with Crippen molar-refractivity contribution in [2.75, 3.05) is 23.4 Å². The monoisotopic (exact) mass is 526 g/mol. The van der Waals surface area contributed by atoms with Crippen LogP contribution in [-0.2, 0) is 19.1 Å². The number of amides is 3. The maximum Gasteiger partial charge on any atom is 0.338 e. The maximum atomic E-state index is 13.4. The van der Waals surface area contributed by atoms with Gasteiger partial charge in [0.25, 0.3) is 5.91 Å². The molecule has 3 atom stereocenters. The summed E-state index contributed by atoms with van der Waals surface area (Å²) in [5, 5.41) is 2.66. The van der Waals surface area contributed by atoms with Gasteiger partial charge in [-0.1, -0.05) is 36.4 Å². The predicted octanol–water partition coefficient (Wildman–Crippen LogP) is 4.95. The van der Waals surface area contributed by atoms with Gasteiger partial charge in [-0.15, -0.1) is 0 Å². The van der Waals surface area contributed by atoms with Crippen LogP contribution in [0.5, 0.6) is 5.75 Å². The number of nitrogens with one attached hydrogen (secondary N) is 1. The zero-order valence-corrected chi connectivity index (χ0v) is 21.7. The Morgan fingerprint density at radius 3 is 2.38 bits per heavy atom. The highest BCUT2D eigenvalue weighted by atomic mass is 16.5. The van der Waals surface area contributed by atoms with Gasteiger partial charge in [0.15, 0.2) is 6.61 Å². The van der Waals surface area contributed by atoms with Gasteiger partial charge in [0.2, 0.25) is 11.8 Å². The van der Waals surface area contributed by atoms with Crippen molar-refractivity contribution in [3.8, 4) is 5.75 Å². The van der Waals surface area contributed by atoms with E-state index < -0.39 is 18.5 Å². The summed E-state index contributed by atoms with van der Waals surface area (Å²) < 4.78 is 10.6. The van der Waals surface area contributed by atoms with Crippen molar-refractivity contribution in [1.82, 2.24) is 0 Å². The Morgan fingerprint density at radius 2 is 1.64 bits per heavy atom. The van der Waals surface area contributed by atoms with E-state index in [1.54, 1.807) is 36.4 Å². The molecule has 39 heavy (non-hydrogen) atoms. The molecule has 0 radical (unpaired) electrons. The van der Waals surface area contributed by atoms with Crippen molar-refractivity contribution in [3.05, 3.63) is 90.0 Å². The standard InChI is InChI=1S/C31H30N2O6/c1-2-38-25-14-12-23(13-15-25)32-28(34)19-39-31(37)22-9-6-10-24(17-22)33-29(35)26-16-11-21(18-27(26)30(33)36)20-7-4-3-5-8-20/h3-10,12-15,17,21,26-27H,2,11,16,18-19H2,1H3,(H,32,34)/t21-,26-,27+/m1/s1. The lowest BCUT2D eigenvalue weighted by Gasteiger charge is -2.28. The van der Waals surface area contributed by atoms with Crippen molar-refractivity contribution >= 4 is 35.1 Å². The van der Waals surface area contributed by atoms with Gasteiger partial charge in [0.1, 0.15) is 5.75 Å². The fourth-order valence-electron chi connectivity index (χ4n) is 5.45. The molecule has 3 aromatic carbocycles. The molecule has 1 heterocycles. The Hall–Kier alpha value is -4.46. The topological polar surface area (TPSA) is 102 Å². The molecule has 0 bridgehead atoms. The Kier molecular flexibility index (Phi) is 7.72. The number of imide groups is 1. The molecule has 0 aromatic heterocycles. The van der Waals surface area contributed by atoms with Crippen LogP contribution in [0, 0.1) is 11.8 Å². The number of benzene rings is 3. The van der Waals surface area contributed by atoms with Gasteiger partial charge in [-0.05, 0) is 80.1 Å². The Bertz CT molecular complexity index is 1370. The first-order valence-corrected chi connectivity index (χ1v) is 13.2. The summed E-state index contributed by atoms with van der Waals surface area (Å²) in [6.07, 6.45) is 2.13. The van der Waals surface area contributed by atoms with Crippen molar-refractivity contribution < 1.29 is 28.7 Å². The number of ether oxygens (including phenoxy) is 2. The molecule has 2 aliphatic rings. The third-order valence-electron chi connectivity index (χ3n) is 7.32. The number of hydrogen-bond acceptors (Lipinski definition) is 6. The van der Waals surface area contributed by atoms with Crippen molar-refractivity contribution in [2.45, 2.75) is 32.1 Å². The minimum absolute atomic E-state index is 0.152. The molecule has 1 saturated heterocycles. The van der Waals surface area contributed by atoms with Crippen molar-refractivity contribution in [2.24, 2.45) is 11.8 Å². The zero-order chi connectivity index (χ0) is 27.4. The molecule has 1 saturated carbocycles. The molecule has 200 valence electrons. The largest absolute Gasteiger partial charge is 0.494 e. The molecule has 5 rings (SSSR count).